The Kier molecular flexibility index (Phi) is 3.08. The van der Waals surface area contributed by atoms with Crippen molar-refractivity contribution in [2.75, 3.05) is 0 Å². The first kappa shape index (κ1) is 12.9. The fourth-order valence-electron chi connectivity index (χ4n) is 1.93. The van der Waals surface area contributed by atoms with Gasteiger partial charge in [0, 0.05) is 6.20 Å². The maximum Gasteiger partial charge on any atom is 0.334 e. The molecule has 3 rings (SSSR count). The monoisotopic (exact) mass is 307 g/mol. The quantitative estimate of drug-likeness (QED) is 0.750. The van der Waals surface area contributed by atoms with Crippen LogP contribution in [-0.2, 0) is 0 Å². The first-order valence-electron chi connectivity index (χ1n) is 5.63. The van der Waals surface area contributed by atoms with Gasteiger partial charge in [0.25, 0.3) is 5.56 Å². The second kappa shape index (κ2) is 4.77. The summed E-state index contributed by atoms with van der Waals surface area (Å²) in [4.78, 5) is 30.1. The number of fused-ring (bicyclic) bond motifs is 1. The van der Waals surface area contributed by atoms with E-state index in [1.165, 1.54) is 16.8 Å². The van der Waals surface area contributed by atoms with Crippen LogP contribution in [0.5, 0.6) is 0 Å². The molecule has 1 aromatic carbocycles. The van der Waals surface area contributed by atoms with Crippen LogP contribution in [0.25, 0.3) is 16.7 Å². The van der Waals surface area contributed by atoms with E-state index in [9.17, 15) is 9.59 Å². The molecule has 100 valence electrons. The number of benzene rings is 1. The molecule has 0 atom stereocenters. The van der Waals surface area contributed by atoms with Gasteiger partial charge in [-0.25, -0.2) is 14.3 Å². The largest absolute Gasteiger partial charge is 0.334 e. The molecule has 0 saturated carbocycles. The SMILES string of the molecule is O=c1[nH]c(=O)n(-c2ccc(Cl)c(Cl)c2)c2ncccc12. The highest BCUT2D eigenvalue weighted by Crippen LogP contribution is 2.24. The van der Waals surface area contributed by atoms with Gasteiger partial charge < -0.3 is 0 Å². The smallest absolute Gasteiger partial charge is 0.273 e. The molecule has 0 saturated heterocycles. The first-order valence-corrected chi connectivity index (χ1v) is 6.39. The summed E-state index contributed by atoms with van der Waals surface area (Å²) in [7, 11) is 0. The van der Waals surface area contributed by atoms with Gasteiger partial charge in [-0.05, 0) is 30.3 Å². The van der Waals surface area contributed by atoms with Crippen molar-refractivity contribution < 1.29 is 0 Å². The maximum atomic E-state index is 12.0. The number of nitrogens with zero attached hydrogens (tertiary/aromatic N) is 2. The Morgan fingerprint density at radius 3 is 2.65 bits per heavy atom. The van der Waals surface area contributed by atoms with Gasteiger partial charge in [0.1, 0.15) is 0 Å². The van der Waals surface area contributed by atoms with Crippen LogP contribution in [0, 0.1) is 0 Å². The zero-order valence-electron chi connectivity index (χ0n) is 9.93. The summed E-state index contributed by atoms with van der Waals surface area (Å²) in [5.74, 6) is 0. The molecular formula is C13H7Cl2N3O2. The highest BCUT2D eigenvalue weighted by atomic mass is 35.5. The van der Waals surface area contributed by atoms with Crippen LogP contribution < -0.4 is 11.2 Å². The van der Waals surface area contributed by atoms with Crippen LogP contribution in [0.4, 0.5) is 0 Å². The molecule has 7 heteroatoms. The van der Waals surface area contributed by atoms with Gasteiger partial charge in [-0.2, -0.15) is 0 Å². The summed E-state index contributed by atoms with van der Waals surface area (Å²) in [5, 5.41) is 1.01. The lowest BCUT2D eigenvalue weighted by Crippen LogP contribution is -2.29. The molecule has 0 aliphatic carbocycles. The van der Waals surface area contributed by atoms with Crippen molar-refractivity contribution in [1.29, 1.82) is 0 Å². The molecular weight excluding hydrogens is 301 g/mol. The van der Waals surface area contributed by atoms with Crippen LogP contribution in [0.2, 0.25) is 10.0 Å². The zero-order valence-corrected chi connectivity index (χ0v) is 11.4. The molecule has 2 aromatic heterocycles. The topological polar surface area (TPSA) is 67.8 Å². The van der Waals surface area contributed by atoms with E-state index in [-0.39, 0.29) is 5.65 Å². The van der Waals surface area contributed by atoms with E-state index in [0.717, 1.165) is 0 Å². The van der Waals surface area contributed by atoms with Gasteiger partial charge in [-0.1, -0.05) is 23.2 Å². The Hall–Kier alpha value is -2.11. The Balaban J connectivity index is 2.44. The Morgan fingerprint density at radius 1 is 1.10 bits per heavy atom. The average molecular weight is 308 g/mol. The van der Waals surface area contributed by atoms with Crippen molar-refractivity contribution in [1.82, 2.24) is 14.5 Å². The molecule has 0 unspecified atom stereocenters. The van der Waals surface area contributed by atoms with E-state index in [4.69, 9.17) is 23.2 Å². The standard InChI is InChI=1S/C13H7Cl2N3O2/c14-9-4-3-7(6-10(9)15)18-11-8(2-1-5-16-11)12(19)17-13(18)20/h1-6H,(H,17,19,20). The van der Waals surface area contributed by atoms with Gasteiger partial charge in [0.2, 0.25) is 0 Å². The van der Waals surface area contributed by atoms with Gasteiger partial charge >= 0.3 is 5.69 Å². The highest BCUT2D eigenvalue weighted by Gasteiger charge is 2.11. The van der Waals surface area contributed by atoms with Crippen molar-refractivity contribution in [3.8, 4) is 5.69 Å². The molecule has 0 amide bonds. The predicted octanol–water partition coefficient (Wildman–Crippen LogP) is 2.38. The molecule has 5 nitrogen and oxygen atoms in total. The van der Waals surface area contributed by atoms with Crippen LogP contribution in [0.3, 0.4) is 0 Å². The van der Waals surface area contributed by atoms with E-state index in [1.54, 1.807) is 24.3 Å². The number of nitrogens with one attached hydrogen (secondary N) is 1. The molecule has 3 aromatic rings. The first-order chi connectivity index (χ1) is 9.58. The third kappa shape index (κ3) is 2.01. The number of hydrogen-bond acceptors (Lipinski definition) is 3. The van der Waals surface area contributed by atoms with Crippen molar-refractivity contribution in [2.24, 2.45) is 0 Å². The minimum absolute atomic E-state index is 0.264. The number of aromatic amines is 1. The fraction of sp³-hybridized carbons (Fsp3) is 0. The lowest BCUT2D eigenvalue weighted by molar-refractivity contribution is 0.925. The van der Waals surface area contributed by atoms with Crippen molar-refractivity contribution >= 4 is 34.2 Å². The Morgan fingerprint density at radius 2 is 1.90 bits per heavy atom. The van der Waals surface area contributed by atoms with Crippen molar-refractivity contribution in [2.45, 2.75) is 0 Å². The summed E-state index contributed by atoms with van der Waals surface area (Å²) in [6.07, 6.45) is 1.51. The van der Waals surface area contributed by atoms with Gasteiger partial charge in [-0.15, -0.1) is 0 Å². The highest BCUT2D eigenvalue weighted by molar-refractivity contribution is 6.42. The lowest BCUT2D eigenvalue weighted by Gasteiger charge is -2.09. The molecule has 0 bridgehead atoms. The third-order valence-corrected chi connectivity index (χ3v) is 3.57. The number of H-pyrrole nitrogens is 1. The van der Waals surface area contributed by atoms with Crippen LogP contribution in [0.15, 0.2) is 46.1 Å². The molecule has 2 heterocycles. The summed E-state index contributed by atoms with van der Waals surface area (Å²) < 4.78 is 1.28. The average Bonchev–Trinajstić information content (AvgIpc) is 2.43. The minimum atomic E-state index is -0.584. The van der Waals surface area contributed by atoms with Crippen molar-refractivity contribution in [3.63, 3.8) is 0 Å². The molecule has 0 aliphatic heterocycles. The number of halogens is 2. The molecule has 0 spiro atoms. The number of rotatable bonds is 1. The number of aromatic nitrogens is 3. The molecule has 0 radical (unpaired) electrons. The van der Waals surface area contributed by atoms with E-state index < -0.39 is 11.2 Å². The number of pyridine rings is 1. The van der Waals surface area contributed by atoms with Gasteiger partial charge in [0.05, 0.1) is 21.1 Å². The normalized spacial score (nSPS) is 10.9. The second-order valence-corrected chi connectivity index (χ2v) is 4.88. The van der Waals surface area contributed by atoms with Crippen LogP contribution in [-0.4, -0.2) is 14.5 Å². The van der Waals surface area contributed by atoms with Crippen molar-refractivity contribution in [3.05, 3.63) is 67.4 Å². The maximum absolute atomic E-state index is 12.0. The summed E-state index contributed by atoms with van der Waals surface area (Å²) in [6.45, 7) is 0. The molecule has 20 heavy (non-hydrogen) atoms. The van der Waals surface area contributed by atoms with E-state index in [0.29, 0.717) is 21.1 Å². The fourth-order valence-corrected chi connectivity index (χ4v) is 2.22. The summed E-state index contributed by atoms with van der Waals surface area (Å²) >= 11 is 11.8. The molecule has 1 N–H and O–H groups in total. The minimum Gasteiger partial charge on any atom is -0.273 e. The van der Waals surface area contributed by atoms with E-state index in [2.05, 4.69) is 9.97 Å². The Labute approximate surface area is 122 Å². The van der Waals surface area contributed by atoms with Crippen LogP contribution in [0.1, 0.15) is 0 Å². The van der Waals surface area contributed by atoms with Gasteiger partial charge in [-0.3, -0.25) is 9.78 Å². The van der Waals surface area contributed by atoms with Gasteiger partial charge in [0.15, 0.2) is 5.65 Å². The lowest BCUT2D eigenvalue weighted by atomic mass is 10.3. The molecule has 0 fully saturated rings. The molecule has 0 aliphatic rings. The second-order valence-electron chi connectivity index (χ2n) is 4.07. The summed E-state index contributed by atoms with van der Waals surface area (Å²) in [6, 6.07) is 7.96. The predicted molar refractivity (Wildman–Crippen MR) is 78.0 cm³/mol. The van der Waals surface area contributed by atoms with E-state index in [1.807, 2.05) is 0 Å². The Bertz CT molecular complexity index is 931. The van der Waals surface area contributed by atoms with E-state index >= 15 is 0 Å². The number of hydrogen-bond donors (Lipinski definition) is 1. The van der Waals surface area contributed by atoms with Crippen LogP contribution >= 0.6 is 23.2 Å². The third-order valence-electron chi connectivity index (χ3n) is 2.83. The summed E-state index contributed by atoms with van der Waals surface area (Å²) in [5.41, 5.74) is -0.321. The zero-order chi connectivity index (χ0) is 14.3.